The van der Waals surface area contributed by atoms with Crippen LogP contribution in [0.1, 0.15) is 17.5 Å². The fourth-order valence-corrected chi connectivity index (χ4v) is 2.42. The molecule has 0 amide bonds. The quantitative estimate of drug-likeness (QED) is 0.930. The van der Waals surface area contributed by atoms with Gasteiger partial charge >= 0.3 is 0 Å². The van der Waals surface area contributed by atoms with Gasteiger partial charge in [0.15, 0.2) is 0 Å². The van der Waals surface area contributed by atoms with Crippen molar-refractivity contribution in [3.63, 3.8) is 0 Å². The van der Waals surface area contributed by atoms with Crippen LogP contribution >= 0.6 is 11.6 Å². The number of aliphatic imine (C=N–C) groups is 1. The van der Waals surface area contributed by atoms with E-state index in [4.69, 9.17) is 16.3 Å². The summed E-state index contributed by atoms with van der Waals surface area (Å²) in [6.07, 6.45) is 0.957. The van der Waals surface area contributed by atoms with Gasteiger partial charge in [-0.15, -0.1) is 0 Å². The summed E-state index contributed by atoms with van der Waals surface area (Å²) in [4.78, 5) is 4.36. The Balaban J connectivity index is 1.82. The van der Waals surface area contributed by atoms with Crippen LogP contribution in [0.4, 0.5) is 4.39 Å². The van der Waals surface area contributed by atoms with Gasteiger partial charge in [0, 0.05) is 18.1 Å². The molecule has 0 aromatic heterocycles. The Kier molecular flexibility index (Phi) is 4.59. The molecule has 114 valence electrons. The Labute approximate surface area is 133 Å². The van der Waals surface area contributed by atoms with E-state index in [0.29, 0.717) is 35.3 Å². The monoisotopic (exact) mass is 318 g/mol. The first kappa shape index (κ1) is 14.9. The van der Waals surface area contributed by atoms with Crippen LogP contribution in [-0.4, -0.2) is 18.9 Å². The lowest BCUT2D eigenvalue weighted by Gasteiger charge is -2.18. The lowest BCUT2D eigenvalue weighted by Crippen LogP contribution is -2.31. The molecule has 1 heterocycles. The standard InChI is InChI=1S/C17H16ClFN2O/c18-13-7-5-12(6-8-13)11-22-15-4-1-3-14(19)16(15)17-20-9-2-10-21-17/h1,3-8H,2,9-11H2,(H,20,21). The third-order valence-electron chi connectivity index (χ3n) is 3.42. The second-order valence-corrected chi connectivity index (χ2v) is 5.48. The Morgan fingerprint density at radius 3 is 2.73 bits per heavy atom. The molecular formula is C17H16ClFN2O. The maximum Gasteiger partial charge on any atom is 0.137 e. The normalized spacial score (nSPS) is 14.2. The topological polar surface area (TPSA) is 33.6 Å². The number of ether oxygens (including phenoxy) is 1. The second kappa shape index (κ2) is 6.79. The Morgan fingerprint density at radius 2 is 2.00 bits per heavy atom. The number of rotatable bonds is 4. The molecule has 1 aliphatic heterocycles. The average molecular weight is 319 g/mol. The summed E-state index contributed by atoms with van der Waals surface area (Å²) in [5, 5.41) is 3.81. The number of amidine groups is 1. The Bertz CT molecular complexity index is 686. The van der Waals surface area contributed by atoms with Gasteiger partial charge in [-0.25, -0.2) is 4.39 Å². The molecular weight excluding hydrogens is 303 g/mol. The molecule has 22 heavy (non-hydrogen) atoms. The predicted molar refractivity (Wildman–Crippen MR) is 86.2 cm³/mol. The molecule has 0 saturated heterocycles. The minimum absolute atomic E-state index is 0.332. The molecule has 3 rings (SSSR count). The van der Waals surface area contributed by atoms with Crippen molar-refractivity contribution in [3.05, 3.63) is 64.4 Å². The number of nitrogens with one attached hydrogen (secondary N) is 1. The summed E-state index contributed by atoms with van der Waals surface area (Å²) in [7, 11) is 0. The van der Waals surface area contributed by atoms with E-state index >= 15 is 0 Å². The summed E-state index contributed by atoms with van der Waals surface area (Å²) >= 11 is 5.86. The van der Waals surface area contributed by atoms with Gasteiger partial charge in [0.25, 0.3) is 0 Å². The predicted octanol–water partition coefficient (Wildman–Crippen LogP) is 3.80. The van der Waals surface area contributed by atoms with Crippen molar-refractivity contribution in [2.24, 2.45) is 4.99 Å². The maximum atomic E-state index is 14.2. The first-order chi connectivity index (χ1) is 10.7. The van der Waals surface area contributed by atoms with Gasteiger partial charge in [0.05, 0.1) is 5.56 Å². The fourth-order valence-electron chi connectivity index (χ4n) is 2.30. The van der Waals surface area contributed by atoms with Crippen LogP contribution in [0.25, 0.3) is 0 Å². The third-order valence-corrected chi connectivity index (χ3v) is 3.67. The van der Waals surface area contributed by atoms with Crippen LogP contribution in [-0.2, 0) is 6.61 Å². The van der Waals surface area contributed by atoms with Crippen molar-refractivity contribution in [2.75, 3.05) is 13.1 Å². The lowest BCUT2D eigenvalue weighted by atomic mass is 10.1. The van der Waals surface area contributed by atoms with Crippen molar-refractivity contribution >= 4 is 17.4 Å². The zero-order valence-electron chi connectivity index (χ0n) is 12.0. The van der Waals surface area contributed by atoms with Gasteiger partial charge in [-0.1, -0.05) is 29.8 Å². The zero-order valence-corrected chi connectivity index (χ0v) is 12.7. The summed E-state index contributed by atoms with van der Waals surface area (Å²) in [6, 6.07) is 12.2. The van der Waals surface area contributed by atoms with Gasteiger partial charge in [-0.05, 0) is 36.2 Å². The minimum Gasteiger partial charge on any atom is -0.488 e. The molecule has 2 aromatic rings. The van der Waals surface area contributed by atoms with Crippen LogP contribution in [0.5, 0.6) is 5.75 Å². The summed E-state index contributed by atoms with van der Waals surface area (Å²) in [6.45, 7) is 1.85. The largest absolute Gasteiger partial charge is 0.488 e. The highest BCUT2D eigenvalue weighted by molar-refractivity contribution is 6.30. The van der Waals surface area contributed by atoms with Crippen molar-refractivity contribution in [1.29, 1.82) is 0 Å². The molecule has 0 atom stereocenters. The van der Waals surface area contributed by atoms with E-state index in [1.54, 1.807) is 24.3 Å². The number of hydrogen-bond acceptors (Lipinski definition) is 3. The van der Waals surface area contributed by atoms with E-state index in [0.717, 1.165) is 18.5 Å². The van der Waals surface area contributed by atoms with Crippen molar-refractivity contribution in [1.82, 2.24) is 5.32 Å². The summed E-state index contributed by atoms with van der Waals surface area (Å²) < 4.78 is 20.0. The third kappa shape index (κ3) is 3.39. The highest BCUT2D eigenvalue weighted by atomic mass is 35.5. The molecule has 1 N–H and O–H groups in total. The Hall–Kier alpha value is -2.07. The highest BCUT2D eigenvalue weighted by Crippen LogP contribution is 2.24. The number of benzene rings is 2. The van der Waals surface area contributed by atoms with E-state index in [2.05, 4.69) is 10.3 Å². The van der Waals surface area contributed by atoms with Crippen LogP contribution in [0, 0.1) is 5.82 Å². The first-order valence-corrected chi connectivity index (χ1v) is 7.56. The molecule has 0 unspecified atom stereocenters. The van der Waals surface area contributed by atoms with Crippen LogP contribution < -0.4 is 10.1 Å². The molecule has 5 heteroatoms. The van der Waals surface area contributed by atoms with Crippen LogP contribution in [0.15, 0.2) is 47.5 Å². The molecule has 0 aliphatic carbocycles. The highest BCUT2D eigenvalue weighted by Gasteiger charge is 2.17. The maximum absolute atomic E-state index is 14.2. The zero-order chi connectivity index (χ0) is 15.4. The first-order valence-electron chi connectivity index (χ1n) is 7.18. The summed E-state index contributed by atoms with van der Waals surface area (Å²) in [5.41, 5.74) is 1.37. The minimum atomic E-state index is -0.332. The number of hydrogen-bond donors (Lipinski definition) is 1. The van der Waals surface area contributed by atoms with Crippen molar-refractivity contribution in [2.45, 2.75) is 13.0 Å². The van der Waals surface area contributed by atoms with Gasteiger partial charge in [-0.2, -0.15) is 0 Å². The van der Waals surface area contributed by atoms with Gasteiger partial charge < -0.3 is 10.1 Å². The van der Waals surface area contributed by atoms with E-state index < -0.39 is 0 Å². The Morgan fingerprint density at radius 1 is 1.18 bits per heavy atom. The molecule has 0 bridgehead atoms. The van der Waals surface area contributed by atoms with Crippen LogP contribution in [0.2, 0.25) is 5.02 Å². The van der Waals surface area contributed by atoms with Crippen LogP contribution in [0.3, 0.4) is 0 Å². The molecule has 0 spiro atoms. The van der Waals surface area contributed by atoms with E-state index in [1.165, 1.54) is 6.07 Å². The molecule has 2 aromatic carbocycles. The van der Waals surface area contributed by atoms with Crippen molar-refractivity contribution in [3.8, 4) is 5.75 Å². The molecule has 0 fully saturated rings. The molecule has 1 aliphatic rings. The van der Waals surface area contributed by atoms with Gasteiger partial charge in [0.2, 0.25) is 0 Å². The molecule has 3 nitrogen and oxygen atoms in total. The van der Waals surface area contributed by atoms with Gasteiger partial charge in [0.1, 0.15) is 24.0 Å². The molecule has 0 radical (unpaired) electrons. The van der Waals surface area contributed by atoms with E-state index in [-0.39, 0.29) is 5.82 Å². The molecule has 0 saturated carbocycles. The summed E-state index contributed by atoms with van der Waals surface area (Å²) in [5.74, 6) is 0.723. The second-order valence-electron chi connectivity index (χ2n) is 5.04. The SMILES string of the molecule is Fc1cccc(OCc2ccc(Cl)cc2)c1C1=NCCCN1. The van der Waals surface area contributed by atoms with Crippen molar-refractivity contribution < 1.29 is 9.13 Å². The number of halogens is 2. The van der Waals surface area contributed by atoms with Gasteiger partial charge in [-0.3, -0.25) is 4.99 Å². The smallest absolute Gasteiger partial charge is 0.137 e. The van der Waals surface area contributed by atoms with E-state index in [1.807, 2.05) is 12.1 Å². The fraction of sp³-hybridized carbons (Fsp3) is 0.235. The average Bonchev–Trinajstić information content (AvgIpc) is 2.55. The lowest BCUT2D eigenvalue weighted by molar-refractivity contribution is 0.303. The van der Waals surface area contributed by atoms with E-state index in [9.17, 15) is 4.39 Å². The number of nitrogens with zero attached hydrogens (tertiary/aromatic N) is 1.